The van der Waals surface area contributed by atoms with Gasteiger partial charge in [-0.2, -0.15) is 18.6 Å². The minimum atomic E-state index is -3.01. The van der Waals surface area contributed by atoms with Crippen molar-refractivity contribution in [1.82, 2.24) is 9.78 Å². The maximum Gasteiger partial charge on any atom is 0.387 e. The molecule has 6 nitrogen and oxygen atoms in total. The minimum absolute atomic E-state index is 0.0116. The molecule has 0 saturated heterocycles. The second kappa shape index (κ2) is 7.96. The number of anilines is 1. The number of aromatic nitrogens is 2. The number of nitrogens with one attached hydrogen (secondary N) is 1. The van der Waals surface area contributed by atoms with Gasteiger partial charge in [-0.25, -0.2) is 0 Å². The van der Waals surface area contributed by atoms with Gasteiger partial charge in [0.2, 0.25) is 0 Å². The average molecular weight is 392 g/mol. The molecule has 2 aromatic carbocycles. The first-order valence-electron chi connectivity index (χ1n) is 7.65. The van der Waals surface area contributed by atoms with Gasteiger partial charge in [0.1, 0.15) is 11.4 Å². The summed E-state index contributed by atoms with van der Waals surface area (Å²) in [6.45, 7) is -3.01. The minimum Gasteiger partial charge on any atom is -0.433 e. The van der Waals surface area contributed by atoms with Crippen LogP contribution in [0.4, 0.5) is 14.5 Å². The monoisotopic (exact) mass is 391 g/mol. The van der Waals surface area contributed by atoms with E-state index in [1.807, 2.05) is 0 Å². The highest BCUT2D eigenvalue weighted by Gasteiger charge is 2.13. The van der Waals surface area contributed by atoms with Crippen LogP contribution in [0.15, 0.2) is 65.5 Å². The molecule has 0 bridgehead atoms. The standard InChI is InChI=1S/C18H12ClF2N3O3/c19-13-10-11(6-8-15(13)27-18(20)21)22-17(26)14-7-9-16(25)24(23-14)12-4-2-1-3-5-12/h1-10,18H,(H,22,26). The Bertz CT molecular complexity index is 1030. The smallest absolute Gasteiger partial charge is 0.387 e. The molecule has 138 valence electrons. The van der Waals surface area contributed by atoms with E-state index in [0.29, 0.717) is 5.69 Å². The van der Waals surface area contributed by atoms with Crippen LogP contribution in [0.5, 0.6) is 5.75 Å². The summed E-state index contributed by atoms with van der Waals surface area (Å²) in [4.78, 5) is 24.4. The van der Waals surface area contributed by atoms with Crippen LogP contribution in [0.1, 0.15) is 10.5 Å². The van der Waals surface area contributed by atoms with Crippen molar-refractivity contribution in [1.29, 1.82) is 0 Å². The average Bonchev–Trinajstić information content (AvgIpc) is 2.64. The van der Waals surface area contributed by atoms with Crippen molar-refractivity contribution in [2.24, 2.45) is 0 Å². The van der Waals surface area contributed by atoms with E-state index in [4.69, 9.17) is 11.6 Å². The van der Waals surface area contributed by atoms with Crippen LogP contribution < -0.4 is 15.6 Å². The number of carbonyl (C=O) groups excluding carboxylic acids is 1. The third-order valence-corrected chi connectivity index (χ3v) is 3.73. The summed E-state index contributed by atoms with van der Waals surface area (Å²) in [5.41, 5.74) is 0.358. The summed E-state index contributed by atoms with van der Waals surface area (Å²) in [7, 11) is 0. The molecule has 0 aliphatic heterocycles. The van der Waals surface area contributed by atoms with E-state index in [-0.39, 0.29) is 22.2 Å². The predicted molar refractivity (Wildman–Crippen MR) is 95.9 cm³/mol. The molecule has 0 spiro atoms. The Morgan fingerprint density at radius 1 is 1.11 bits per heavy atom. The van der Waals surface area contributed by atoms with E-state index < -0.39 is 18.1 Å². The van der Waals surface area contributed by atoms with E-state index in [2.05, 4.69) is 15.2 Å². The van der Waals surface area contributed by atoms with Crippen molar-refractivity contribution in [3.63, 3.8) is 0 Å². The van der Waals surface area contributed by atoms with Gasteiger partial charge in [-0.1, -0.05) is 29.8 Å². The summed E-state index contributed by atoms with van der Waals surface area (Å²) in [6.07, 6.45) is 0. The molecule has 0 fully saturated rings. The second-order valence-electron chi connectivity index (χ2n) is 5.28. The molecule has 0 aliphatic rings. The Morgan fingerprint density at radius 2 is 1.85 bits per heavy atom. The van der Waals surface area contributed by atoms with Crippen LogP contribution in [0.3, 0.4) is 0 Å². The summed E-state index contributed by atoms with van der Waals surface area (Å²) in [5.74, 6) is -0.807. The lowest BCUT2D eigenvalue weighted by atomic mass is 10.2. The summed E-state index contributed by atoms with van der Waals surface area (Å²) in [6, 6.07) is 15.0. The van der Waals surface area contributed by atoms with Gasteiger partial charge in [-0.05, 0) is 36.4 Å². The summed E-state index contributed by atoms with van der Waals surface area (Å²) < 4.78 is 29.9. The Kier molecular flexibility index (Phi) is 5.46. The molecule has 0 atom stereocenters. The van der Waals surface area contributed by atoms with Gasteiger partial charge in [-0.15, -0.1) is 0 Å². The van der Waals surface area contributed by atoms with Gasteiger partial charge in [0, 0.05) is 11.8 Å². The molecule has 1 heterocycles. The number of benzene rings is 2. The first-order chi connectivity index (χ1) is 12.9. The van der Waals surface area contributed by atoms with Crippen molar-refractivity contribution >= 4 is 23.2 Å². The fourth-order valence-corrected chi connectivity index (χ4v) is 2.48. The van der Waals surface area contributed by atoms with Crippen LogP contribution in [-0.4, -0.2) is 22.3 Å². The van der Waals surface area contributed by atoms with E-state index in [0.717, 1.165) is 4.68 Å². The van der Waals surface area contributed by atoms with Crippen LogP contribution in [0.25, 0.3) is 5.69 Å². The largest absolute Gasteiger partial charge is 0.433 e. The summed E-state index contributed by atoms with van der Waals surface area (Å²) >= 11 is 5.86. The number of halogens is 3. The number of alkyl halides is 2. The first kappa shape index (κ1) is 18.5. The maximum absolute atomic E-state index is 12.4. The topological polar surface area (TPSA) is 73.2 Å². The summed E-state index contributed by atoms with van der Waals surface area (Å²) in [5, 5.41) is 6.50. The van der Waals surface area contributed by atoms with E-state index in [1.54, 1.807) is 30.3 Å². The van der Waals surface area contributed by atoms with Crippen LogP contribution in [0.2, 0.25) is 5.02 Å². The van der Waals surface area contributed by atoms with Gasteiger partial charge in [-0.3, -0.25) is 9.59 Å². The zero-order valence-corrected chi connectivity index (χ0v) is 14.4. The molecule has 0 aliphatic carbocycles. The van der Waals surface area contributed by atoms with Crippen molar-refractivity contribution in [2.45, 2.75) is 6.61 Å². The van der Waals surface area contributed by atoms with Gasteiger partial charge in [0.05, 0.1) is 10.7 Å². The van der Waals surface area contributed by atoms with Crippen LogP contribution >= 0.6 is 11.6 Å². The van der Waals surface area contributed by atoms with Crippen molar-refractivity contribution in [2.75, 3.05) is 5.32 Å². The van der Waals surface area contributed by atoms with Gasteiger partial charge >= 0.3 is 6.61 Å². The maximum atomic E-state index is 12.4. The third kappa shape index (κ3) is 4.48. The number of ether oxygens (including phenoxy) is 1. The van der Waals surface area contributed by atoms with E-state index in [1.165, 1.54) is 30.3 Å². The molecule has 0 saturated carbocycles. The van der Waals surface area contributed by atoms with Crippen molar-refractivity contribution in [3.05, 3.63) is 81.7 Å². The lowest BCUT2D eigenvalue weighted by molar-refractivity contribution is -0.0497. The fraction of sp³-hybridized carbons (Fsp3) is 0.0556. The molecule has 3 aromatic rings. The van der Waals surface area contributed by atoms with E-state index >= 15 is 0 Å². The number of rotatable bonds is 5. The Hall–Kier alpha value is -3.26. The Labute approximate surface area is 157 Å². The molecule has 1 N–H and O–H groups in total. The zero-order chi connectivity index (χ0) is 19.4. The van der Waals surface area contributed by atoms with Gasteiger partial charge in [0.25, 0.3) is 11.5 Å². The Balaban J connectivity index is 1.83. The normalized spacial score (nSPS) is 10.7. The molecule has 9 heteroatoms. The van der Waals surface area contributed by atoms with Crippen LogP contribution in [-0.2, 0) is 0 Å². The lowest BCUT2D eigenvalue weighted by Gasteiger charge is -2.10. The number of amides is 1. The SMILES string of the molecule is O=C(Nc1ccc(OC(F)F)c(Cl)c1)c1ccc(=O)n(-c2ccccc2)n1. The zero-order valence-electron chi connectivity index (χ0n) is 13.6. The quantitative estimate of drug-likeness (QED) is 0.719. The number of carbonyl (C=O) groups is 1. The van der Waals surface area contributed by atoms with Gasteiger partial charge in [0.15, 0.2) is 0 Å². The fourth-order valence-electron chi connectivity index (χ4n) is 2.25. The van der Waals surface area contributed by atoms with E-state index in [9.17, 15) is 18.4 Å². The molecule has 3 rings (SSSR count). The molecule has 0 unspecified atom stereocenters. The first-order valence-corrected chi connectivity index (χ1v) is 8.03. The number of nitrogens with zero attached hydrogens (tertiary/aromatic N) is 2. The highest BCUT2D eigenvalue weighted by molar-refractivity contribution is 6.32. The Morgan fingerprint density at radius 3 is 2.52 bits per heavy atom. The lowest BCUT2D eigenvalue weighted by Crippen LogP contribution is -2.24. The molecule has 27 heavy (non-hydrogen) atoms. The number of hydrogen-bond acceptors (Lipinski definition) is 4. The second-order valence-corrected chi connectivity index (χ2v) is 5.69. The molecule has 1 amide bonds. The highest BCUT2D eigenvalue weighted by atomic mass is 35.5. The third-order valence-electron chi connectivity index (χ3n) is 3.44. The molecule has 0 radical (unpaired) electrons. The molecular weight excluding hydrogens is 380 g/mol. The highest BCUT2D eigenvalue weighted by Crippen LogP contribution is 2.29. The number of para-hydroxylation sites is 1. The van der Waals surface area contributed by atoms with Crippen LogP contribution in [0, 0.1) is 0 Å². The molecular formula is C18H12ClF2N3O3. The van der Waals surface area contributed by atoms with Gasteiger partial charge < -0.3 is 10.1 Å². The predicted octanol–water partition coefficient (Wildman–Crippen LogP) is 3.74. The van der Waals surface area contributed by atoms with Crippen molar-refractivity contribution < 1.29 is 18.3 Å². The number of hydrogen-bond donors (Lipinski definition) is 1. The molecule has 1 aromatic heterocycles. The van der Waals surface area contributed by atoms with Crippen molar-refractivity contribution in [3.8, 4) is 11.4 Å².